The number of piperidine rings is 1. The standard InChI is InChI=1S/C58H65ClFN9O8S/c1-6-49(72)67-19-21-68(22-20-67)55-44-28-45(59)51(43-26-40(70)25-39-9-7-8-10-42(39)43)52(60)53(44)63-58(64-55)75-24-23-66-17-15-36(16-18-66)31-76-48-29-47(77-65-48)50(33(2)3)57(74)69-30-41(71)27-46(69)56(73)62-34(4)37-11-13-38(14-12-37)54-35(5)61-32-78-54/h6-14,25-26,28-29,32-34,36,41,46,49-50,70-72H,1,15-24,27,30-31H2,2-5H3,(H,62,73)/t34-,41+,46-,49?,50+/m0/s1. The summed E-state index contributed by atoms with van der Waals surface area (Å²) >= 11 is 8.52. The number of halogens is 2. The van der Waals surface area contributed by atoms with E-state index in [1.807, 2.05) is 91.5 Å². The Bertz CT molecular complexity index is 3290. The maximum atomic E-state index is 17.1. The molecular formula is C58H65ClFN9O8S. The Morgan fingerprint density at radius 1 is 0.987 bits per heavy atom. The molecule has 3 aliphatic heterocycles. The fourth-order valence-electron chi connectivity index (χ4n) is 11.0. The third-order valence-electron chi connectivity index (χ3n) is 15.4. The number of aromatic hydroxyl groups is 1. The van der Waals surface area contributed by atoms with Crippen molar-refractivity contribution in [1.29, 1.82) is 0 Å². The van der Waals surface area contributed by atoms with Crippen molar-refractivity contribution in [2.75, 3.05) is 70.5 Å². The summed E-state index contributed by atoms with van der Waals surface area (Å²) in [6.07, 6.45) is 1.65. The Morgan fingerprint density at radius 2 is 1.74 bits per heavy atom. The molecule has 3 fully saturated rings. The quantitative estimate of drug-likeness (QED) is 0.0594. The minimum atomic E-state index is -0.861. The number of aliphatic hydroxyl groups is 2. The van der Waals surface area contributed by atoms with Gasteiger partial charge >= 0.3 is 6.01 Å². The summed E-state index contributed by atoms with van der Waals surface area (Å²) < 4.78 is 35.3. The summed E-state index contributed by atoms with van der Waals surface area (Å²) in [6, 6.07) is 20.7. The fraction of sp³-hybridized carbons (Fsp3) is 0.414. The van der Waals surface area contributed by atoms with Gasteiger partial charge in [0.15, 0.2) is 11.6 Å². The van der Waals surface area contributed by atoms with Gasteiger partial charge in [-0.15, -0.1) is 11.3 Å². The number of aryl methyl sites for hydroxylation is 1. The van der Waals surface area contributed by atoms with Gasteiger partial charge in [-0.2, -0.15) is 9.97 Å². The second kappa shape index (κ2) is 23.7. The van der Waals surface area contributed by atoms with Gasteiger partial charge in [0, 0.05) is 62.7 Å². The molecule has 7 aromatic rings. The van der Waals surface area contributed by atoms with Crippen LogP contribution in [-0.2, 0) is 9.59 Å². The number of nitrogens with one attached hydrogen (secondary N) is 1. The lowest BCUT2D eigenvalue weighted by Crippen LogP contribution is -2.50. The van der Waals surface area contributed by atoms with Gasteiger partial charge in [-0.25, -0.2) is 9.37 Å². The van der Waals surface area contributed by atoms with E-state index in [4.69, 9.17) is 30.6 Å². The van der Waals surface area contributed by atoms with Crippen molar-refractivity contribution in [1.82, 2.24) is 40.1 Å². The zero-order valence-electron chi connectivity index (χ0n) is 44.1. The molecule has 78 heavy (non-hydrogen) atoms. The molecule has 0 saturated carbocycles. The number of carbonyl (C=O) groups excluding carboxylic acids is 2. The SMILES string of the molecule is C=CC(O)N1CCN(c2nc(OCCN3CCC(COc4cc([C@H](C(=O)N5C[C@H](O)C[C@H]5C(=O)N[C@@H](C)c5ccc(-c6scnc6C)cc5)C(C)C)on4)CC3)nc3c(F)c(-c4cc(O)cc5ccccc45)c(Cl)cc23)CC1. The maximum absolute atomic E-state index is 17.1. The molecule has 0 aliphatic carbocycles. The average Bonchev–Trinajstić information content (AvgIpc) is 4.31. The molecule has 3 saturated heterocycles. The lowest BCUT2D eigenvalue weighted by Gasteiger charge is -2.37. The Morgan fingerprint density at radius 3 is 2.46 bits per heavy atom. The Kier molecular flexibility index (Phi) is 16.6. The molecule has 20 heteroatoms. The monoisotopic (exact) mass is 1100 g/mol. The molecular weight excluding hydrogens is 1040 g/mol. The van der Waals surface area contributed by atoms with Crippen molar-refractivity contribution in [3.8, 4) is 39.2 Å². The molecule has 3 aromatic heterocycles. The van der Waals surface area contributed by atoms with Gasteiger partial charge < -0.3 is 44.4 Å². The molecule has 3 aliphatic rings. The van der Waals surface area contributed by atoms with E-state index in [9.17, 15) is 24.9 Å². The summed E-state index contributed by atoms with van der Waals surface area (Å²) in [5.41, 5.74) is 5.33. The zero-order chi connectivity index (χ0) is 54.8. The number of nitrogens with zero attached hydrogens (tertiary/aromatic N) is 8. The molecule has 410 valence electrons. The lowest BCUT2D eigenvalue weighted by atomic mass is 9.91. The van der Waals surface area contributed by atoms with Crippen molar-refractivity contribution in [3.05, 3.63) is 119 Å². The second-order valence-electron chi connectivity index (χ2n) is 20.9. The highest BCUT2D eigenvalue weighted by Gasteiger charge is 2.44. The van der Waals surface area contributed by atoms with Crippen molar-refractivity contribution < 1.29 is 43.3 Å². The summed E-state index contributed by atoms with van der Waals surface area (Å²) in [7, 11) is 0. The molecule has 0 radical (unpaired) electrons. The van der Waals surface area contributed by atoms with E-state index in [0.29, 0.717) is 61.9 Å². The van der Waals surface area contributed by atoms with Gasteiger partial charge in [-0.1, -0.05) is 80.6 Å². The number of likely N-dealkylation sites (tertiary alicyclic amines) is 2. The first kappa shape index (κ1) is 54.6. The number of hydrogen-bond donors (Lipinski definition) is 4. The highest BCUT2D eigenvalue weighted by Crippen LogP contribution is 2.43. The van der Waals surface area contributed by atoms with Crippen LogP contribution in [0.3, 0.4) is 0 Å². The predicted octanol–water partition coefficient (Wildman–Crippen LogP) is 8.74. The van der Waals surface area contributed by atoms with Crippen LogP contribution in [0.15, 0.2) is 95.5 Å². The minimum Gasteiger partial charge on any atom is -0.508 e. The average molecular weight is 1100 g/mol. The highest BCUT2D eigenvalue weighted by molar-refractivity contribution is 7.13. The van der Waals surface area contributed by atoms with E-state index < -0.39 is 30.1 Å². The normalized spacial score (nSPS) is 18.9. The number of carbonyl (C=O) groups is 2. The first-order valence-electron chi connectivity index (χ1n) is 26.6. The molecule has 6 heterocycles. The summed E-state index contributed by atoms with van der Waals surface area (Å²) in [4.78, 5) is 50.7. The Hall–Kier alpha value is -6.74. The number of ether oxygens (including phenoxy) is 2. The number of benzene rings is 4. The van der Waals surface area contributed by atoms with Gasteiger partial charge in [0.2, 0.25) is 11.8 Å². The van der Waals surface area contributed by atoms with Gasteiger partial charge in [0.1, 0.15) is 41.9 Å². The number of hydrogen-bond acceptors (Lipinski definition) is 16. The maximum Gasteiger partial charge on any atom is 0.319 e. The second-order valence-corrected chi connectivity index (χ2v) is 22.2. The van der Waals surface area contributed by atoms with Crippen LogP contribution in [0.5, 0.6) is 17.6 Å². The van der Waals surface area contributed by atoms with Crippen molar-refractivity contribution in [2.45, 2.75) is 77.3 Å². The summed E-state index contributed by atoms with van der Waals surface area (Å²) in [5, 5.41) is 41.1. The van der Waals surface area contributed by atoms with Gasteiger partial charge in [-0.3, -0.25) is 19.4 Å². The van der Waals surface area contributed by atoms with Crippen LogP contribution >= 0.6 is 22.9 Å². The van der Waals surface area contributed by atoms with Gasteiger partial charge in [0.25, 0.3) is 5.88 Å². The van der Waals surface area contributed by atoms with E-state index in [-0.39, 0.29) is 83.0 Å². The van der Waals surface area contributed by atoms with Crippen LogP contribution in [0.25, 0.3) is 43.2 Å². The van der Waals surface area contributed by atoms with Crippen LogP contribution in [0.2, 0.25) is 5.02 Å². The third-order valence-corrected chi connectivity index (χ3v) is 16.6. The molecule has 17 nitrogen and oxygen atoms in total. The smallest absolute Gasteiger partial charge is 0.319 e. The molecule has 2 amide bonds. The Balaban J connectivity index is 0.748. The van der Waals surface area contributed by atoms with Crippen LogP contribution < -0.4 is 19.7 Å². The summed E-state index contributed by atoms with van der Waals surface area (Å²) in [6.45, 7) is 16.2. The van der Waals surface area contributed by atoms with Crippen molar-refractivity contribution in [2.24, 2.45) is 11.8 Å². The predicted molar refractivity (Wildman–Crippen MR) is 298 cm³/mol. The molecule has 4 aromatic carbocycles. The van der Waals surface area contributed by atoms with Crippen LogP contribution in [0.4, 0.5) is 10.2 Å². The number of amides is 2. The molecule has 0 spiro atoms. The third kappa shape index (κ3) is 11.7. The van der Waals surface area contributed by atoms with E-state index in [0.717, 1.165) is 58.4 Å². The molecule has 0 bridgehead atoms. The van der Waals surface area contributed by atoms with Crippen molar-refractivity contribution >= 4 is 62.2 Å². The molecule has 10 rings (SSSR count). The molecule has 4 N–H and O–H groups in total. The number of fused-ring (bicyclic) bond motifs is 2. The molecule has 1 unspecified atom stereocenters. The number of β-amino-alcohol motifs (C(OH)–C–C–N with tert-alkyl or cyclic N) is 1. The van der Waals surface area contributed by atoms with Crippen LogP contribution in [0.1, 0.15) is 69.0 Å². The zero-order valence-corrected chi connectivity index (χ0v) is 45.7. The lowest BCUT2D eigenvalue weighted by molar-refractivity contribution is -0.141. The highest BCUT2D eigenvalue weighted by atomic mass is 35.5. The van der Waals surface area contributed by atoms with E-state index in [2.05, 4.69) is 31.9 Å². The topological polar surface area (TPSA) is 203 Å². The summed E-state index contributed by atoms with van der Waals surface area (Å²) in [5.74, 6) is -1.03. The first-order chi connectivity index (χ1) is 37.6. The number of rotatable bonds is 18. The van der Waals surface area contributed by atoms with E-state index in [1.165, 1.54) is 17.0 Å². The number of anilines is 1. The number of aromatic nitrogens is 4. The number of aliphatic hydroxyl groups excluding tert-OH is 2. The first-order valence-corrected chi connectivity index (χ1v) is 27.8. The fourth-order valence-corrected chi connectivity index (χ4v) is 12.1. The number of piperazine rings is 1. The van der Waals surface area contributed by atoms with E-state index in [1.54, 1.807) is 29.5 Å². The van der Waals surface area contributed by atoms with E-state index >= 15 is 4.39 Å². The van der Waals surface area contributed by atoms with Crippen LogP contribution in [0, 0.1) is 24.6 Å². The van der Waals surface area contributed by atoms with Gasteiger partial charge in [0.05, 0.1) is 39.9 Å². The van der Waals surface area contributed by atoms with Crippen molar-refractivity contribution in [3.63, 3.8) is 0 Å². The number of phenolic OH excluding ortho intramolecular Hbond substituents is 1. The number of thiazole rings is 1. The largest absolute Gasteiger partial charge is 0.508 e. The Labute approximate surface area is 461 Å². The van der Waals surface area contributed by atoms with Crippen LogP contribution in [-0.4, -0.2) is 146 Å². The number of phenols is 1. The molecule has 5 atom stereocenters. The van der Waals surface area contributed by atoms with Gasteiger partial charge in [-0.05, 0) is 109 Å². The minimum absolute atomic E-state index is 0.0184.